The first-order valence-electron chi connectivity index (χ1n) is 15.2. The van der Waals surface area contributed by atoms with Crippen LogP contribution in [0, 0.1) is 24.6 Å². The second-order valence-corrected chi connectivity index (χ2v) is 13.0. The molecule has 2 aliphatic heterocycles. The van der Waals surface area contributed by atoms with Crippen LogP contribution in [0.2, 0.25) is 0 Å². The molecule has 2 unspecified atom stereocenters. The van der Waals surface area contributed by atoms with Crippen LogP contribution < -0.4 is 5.32 Å². The van der Waals surface area contributed by atoms with Crippen LogP contribution in [0.5, 0.6) is 0 Å². The van der Waals surface area contributed by atoms with E-state index >= 15 is 0 Å². The number of nitrogens with one attached hydrogen (secondary N) is 1. The van der Waals surface area contributed by atoms with Crippen LogP contribution in [-0.2, 0) is 10.2 Å². The molecule has 2 fully saturated rings. The van der Waals surface area contributed by atoms with Gasteiger partial charge in [0.25, 0.3) is 5.91 Å². The van der Waals surface area contributed by atoms with Gasteiger partial charge in [-0.2, -0.15) is 0 Å². The van der Waals surface area contributed by atoms with Gasteiger partial charge in [-0.15, -0.1) is 0 Å². The molecule has 0 spiro atoms. The maximum absolute atomic E-state index is 15.0. The number of likely N-dealkylation sites (tertiary alicyclic amines) is 2. The van der Waals surface area contributed by atoms with E-state index in [1.165, 1.54) is 24.5 Å². The number of amides is 2. The molecule has 2 heterocycles. The summed E-state index contributed by atoms with van der Waals surface area (Å²) in [5.41, 5.74) is 3.89. The second kappa shape index (κ2) is 12.3. The molecule has 0 saturated carbocycles. The third-order valence-electron chi connectivity index (χ3n) is 8.97. The molecule has 0 radical (unpaired) electrons. The highest BCUT2D eigenvalue weighted by Crippen LogP contribution is 2.36. The van der Waals surface area contributed by atoms with Gasteiger partial charge >= 0.3 is 0 Å². The van der Waals surface area contributed by atoms with Gasteiger partial charge in [-0.25, -0.2) is 4.39 Å². The van der Waals surface area contributed by atoms with E-state index < -0.39 is 11.7 Å². The fourth-order valence-corrected chi connectivity index (χ4v) is 6.67. The number of aryl methyl sites for hydroxylation is 1. The largest absolute Gasteiger partial charge is 0.334 e. The Labute approximate surface area is 244 Å². The summed E-state index contributed by atoms with van der Waals surface area (Å²) in [7, 11) is 0. The Morgan fingerprint density at radius 3 is 2.46 bits per heavy atom. The molecule has 2 amide bonds. The molecule has 218 valence electrons. The van der Waals surface area contributed by atoms with E-state index in [0.29, 0.717) is 24.9 Å². The Morgan fingerprint density at radius 1 is 1.02 bits per heavy atom. The zero-order valence-corrected chi connectivity index (χ0v) is 25.0. The maximum atomic E-state index is 15.0. The fraction of sp³-hybridized carbons (Fsp3) is 0.486. The van der Waals surface area contributed by atoms with Crippen LogP contribution in [0.25, 0.3) is 0 Å². The number of benzene rings is 2. The van der Waals surface area contributed by atoms with Gasteiger partial charge in [-0.05, 0) is 92.4 Å². The van der Waals surface area contributed by atoms with Gasteiger partial charge in [0.2, 0.25) is 5.91 Å². The molecule has 41 heavy (non-hydrogen) atoms. The minimum absolute atomic E-state index is 0.0229. The number of carbonyl (C=O) groups is 2. The Hall–Kier alpha value is -3.25. The number of piperidine rings is 1. The van der Waals surface area contributed by atoms with E-state index in [4.69, 9.17) is 0 Å². The van der Waals surface area contributed by atoms with Gasteiger partial charge in [0.15, 0.2) is 0 Å². The molecule has 5 rings (SSSR count). The summed E-state index contributed by atoms with van der Waals surface area (Å²) < 4.78 is 15.0. The van der Waals surface area contributed by atoms with Crippen molar-refractivity contribution >= 4 is 17.5 Å². The molecule has 2 aromatic rings. The number of hydrogen-bond donors (Lipinski definition) is 1. The highest BCUT2D eigenvalue weighted by molar-refractivity contribution is 5.98. The van der Waals surface area contributed by atoms with Crippen LogP contribution in [0.1, 0.15) is 74.4 Å². The number of halogens is 1. The number of allylic oxidation sites excluding steroid dienone is 1. The van der Waals surface area contributed by atoms with Crippen molar-refractivity contribution < 1.29 is 14.0 Å². The van der Waals surface area contributed by atoms with E-state index in [9.17, 15) is 14.0 Å². The first-order chi connectivity index (χ1) is 19.6. The number of hydrogen-bond acceptors (Lipinski definition) is 3. The summed E-state index contributed by atoms with van der Waals surface area (Å²) in [6.07, 6.45) is 11.3. The Bertz CT molecular complexity index is 1310. The third kappa shape index (κ3) is 6.64. The minimum Gasteiger partial charge on any atom is -0.334 e. The molecule has 3 aliphatic rings. The summed E-state index contributed by atoms with van der Waals surface area (Å²) in [6.45, 7) is 12.0. The maximum Gasteiger partial charge on any atom is 0.257 e. The van der Waals surface area contributed by atoms with Crippen LogP contribution in [0.4, 0.5) is 10.1 Å². The number of rotatable bonds is 6. The fourth-order valence-electron chi connectivity index (χ4n) is 6.67. The lowest BCUT2D eigenvalue weighted by Crippen LogP contribution is -2.55. The number of carbonyl (C=O) groups excluding carboxylic acids is 2. The van der Waals surface area contributed by atoms with Crippen LogP contribution >= 0.6 is 0 Å². The SMILES string of the molecule is Cc1cccc(F)c1C(=O)N1CCCC(C(=O)Nc2cccc(C(C)(C)C)c2)[C@@H]1C1C=CC(CN2CCCC2)=CC1. The summed E-state index contributed by atoms with van der Waals surface area (Å²) in [4.78, 5) is 32.2. The van der Waals surface area contributed by atoms with Crippen LogP contribution in [0.15, 0.2) is 66.3 Å². The lowest BCUT2D eigenvalue weighted by molar-refractivity contribution is -0.123. The zero-order valence-electron chi connectivity index (χ0n) is 25.0. The molecule has 0 aromatic heterocycles. The summed E-state index contributed by atoms with van der Waals surface area (Å²) in [6, 6.07) is 12.4. The van der Waals surface area contributed by atoms with E-state index in [2.05, 4.69) is 55.3 Å². The van der Waals surface area contributed by atoms with Crippen molar-refractivity contribution in [1.29, 1.82) is 0 Å². The van der Waals surface area contributed by atoms with Crippen molar-refractivity contribution in [1.82, 2.24) is 9.80 Å². The molecule has 0 bridgehead atoms. The van der Waals surface area contributed by atoms with Crippen molar-refractivity contribution in [3.8, 4) is 0 Å². The summed E-state index contributed by atoms with van der Waals surface area (Å²) >= 11 is 0. The average Bonchev–Trinajstić information content (AvgIpc) is 3.46. The van der Waals surface area contributed by atoms with E-state index in [-0.39, 0.29) is 34.8 Å². The average molecular weight is 558 g/mol. The third-order valence-corrected chi connectivity index (χ3v) is 8.97. The molecule has 1 N–H and O–H groups in total. The second-order valence-electron chi connectivity index (χ2n) is 13.0. The summed E-state index contributed by atoms with van der Waals surface area (Å²) in [5.74, 6) is -1.33. The lowest BCUT2D eigenvalue weighted by atomic mass is 9.77. The van der Waals surface area contributed by atoms with Crippen molar-refractivity contribution in [2.45, 2.75) is 71.3 Å². The first kappa shape index (κ1) is 29.2. The monoisotopic (exact) mass is 557 g/mol. The summed E-state index contributed by atoms with van der Waals surface area (Å²) in [5, 5.41) is 3.18. The standard InChI is InChI=1S/C35H44FN3O2/c1-24-10-7-14-30(36)31(24)34(41)39-21-9-13-29(33(40)37-28-12-8-11-27(22-28)35(2,3)4)32(39)26-17-15-25(16-18-26)23-38-19-5-6-20-38/h7-8,10-12,14-17,22,26,29,32H,5-6,9,13,18-21,23H2,1-4H3,(H,37,40)/t26?,29?,32-/m0/s1. The molecular weight excluding hydrogens is 513 g/mol. The van der Waals surface area contributed by atoms with Gasteiger partial charge in [-0.1, -0.05) is 63.3 Å². The number of anilines is 1. The predicted molar refractivity (Wildman–Crippen MR) is 163 cm³/mol. The van der Waals surface area contributed by atoms with Crippen molar-refractivity contribution in [2.24, 2.45) is 11.8 Å². The molecular formula is C35H44FN3O2. The molecule has 2 aromatic carbocycles. The smallest absolute Gasteiger partial charge is 0.257 e. The quantitative estimate of drug-likeness (QED) is 0.421. The Morgan fingerprint density at radius 2 is 1.78 bits per heavy atom. The van der Waals surface area contributed by atoms with Crippen LogP contribution in [-0.4, -0.2) is 53.8 Å². The van der Waals surface area contributed by atoms with Gasteiger partial charge in [-0.3, -0.25) is 14.5 Å². The van der Waals surface area contributed by atoms with Gasteiger partial charge in [0.1, 0.15) is 5.82 Å². The highest BCUT2D eigenvalue weighted by Gasteiger charge is 2.43. The van der Waals surface area contributed by atoms with Gasteiger partial charge < -0.3 is 10.2 Å². The topological polar surface area (TPSA) is 52.7 Å². The van der Waals surface area contributed by atoms with Gasteiger partial charge in [0.05, 0.1) is 17.5 Å². The Kier molecular flexibility index (Phi) is 8.79. The highest BCUT2D eigenvalue weighted by atomic mass is 19.1. The van der Waals surface area contributed by atoms with Crippen molar-refractivity contribution in [2.75, 3.05) is 31.5 Å². The minimum atomic E-state index is -0.508. The lowest BCUT2D eigenvalue weighted by Gasteiger charge is -2.44. The van der Waals surface area contributed by atoms with E-state index in [1.54, 1.807) is 24.0 Å². The number of nitrogens with zero attached hydrogens (tertiary/aromatic N) is 2. The van der Waals surface area contributed by atoms with Crippen molar-refractivity contribution in [3.63, 3.8) is 0 Å². The Balaban J connectivity index is 1.42. The molecule has 1 aliphatic carbocycles. The molecule has 6 heteroatoms. The molecule has 2 saturated heterocycles. The van der Waals surface area contributed by atoms with Crippen molar-refractivity contribution in [3.05, 3.63) is 88.8 Å². The van der Waals surface area contributed by atoms with E-state index in [0.717, 1.165) is 37.3 Å². The zero-order chi connectivity index (χ0) is 29.1. The first-order valence-corrected chi connectivity index (χ1v) is 15.2. The van der Waals surface area contributed by atoms with Crippen LogP contribution in [0.3, 0.4) is 0 Å². The van der Waals surface area contributed by atoms with Gasteiger partial charge in [0, 0.05) is 24.7 Å². The predicted octanol–water partition coefficient (Wildman–Crippen LogP) is 6.89. The molecule has 3 atom stereocenters. The van der Waals surface area contributed by atoms with E-state index in [1.807, 2.05) is 18.2 Å². The normalized spacial score (nSPS) is 23.4. The molecule has 5 nitrogen and oxygen atoms in total.